The molecule has 1 aromatic heterocycles. The van der Waals surface area contributed by atoms with Gasteiger partial charge in [-0.3, -0.25) is 0 Å². The molecule has 0 aromatic carbocycles. The van der Waals surface area contributed by atoms with E-state index in [1.165, 1.54) is 6.07 Å². The van der Waals surface area contributed by atoms with Gasteiger partial charge >= 0.3 is 6.18 Å². The number of aromatic nitrogens is 1. The van der Waals surface area contributed by atoms with E-state index in [0.717, 1.165) is 25.5 Å². The molecule has 0 radical (unpaired) electrons. The van der Waals surface area contributed by atoms with Crippen molar-refractivity contribution >= 4 is 5.82 Å². The lowest BCUT2D eigenvalue weighted by Crippen LogP contribution is -2.37. The minimum Gasteiger partial charge on any atom is -0.358 e. The number of hydrogen-bond donors (Lipinski definition) is 1. The molecule has 0 saturated carbocycles. The van der Waals surface area contributed by atoms with Crippen LogP contribution in [0.3, 0.4) is 0 Å². The van der Waals surface area contributed by atoms with Gasteiger partial charge in [0.2, 0.25) is 0 Å². The molecule has 1 aliphatic rings. The first-order valence-electron chi connectivity index (χ1n) is 7.01. The van der Waals surface area contributed by atoms with Crippen molar-refractivity contribution < 1.29 is 13.2 Å². The first-order chi connectivity index (χ1) is 9.82. The van der Waals surface area contributed by atoms with Gasteiger partial charge < -0.3 is 15.5 Å². The molecule has 1 aromatic rings. The second-order valence-electron chi connectivity index (χ2n) is 5.54. The van der Waals surface area contributed by atoms with Gasteiger partial charge in [-0.25, -0.2) is 4.98 Å². The lowest BCUT2D eigenvalue weighted by molar-refractivity contribution is -0.141. The maximum Gasteiger partial charge on any atom is 0.433 e. The van der Waals surface area contributed by atoms with Crippen LogP contribution in [0.15, 0.2) is 12.1 Å². The Labute approximate surface area is 122 Å². The summed E-state index contributed by atoms with van der Waals surface area (Å²) >= 11 is 0. The summed E-state index contributed by atoms with van der Waals surface area (Å²) in [6.45, 7) is 1.85. The lowest BCUT2D eigenvalue weighted by atomic mass is 10.1. The number of nitrogens with zero attached hydrogens (tertiary/aromatic N) is 3. The molecule has 0 spiro atoms. The average molecular weight is 302 g/mol. The largest absolute Gasteiger partial charge is 0.433 e. The van der Waals surface area contributed by atoms with Gasteiger partial charge in [-0.1, -0.05) is 6.07 Å². The molecule has 4 nitrogen and oxygen atoms in total. The minimum atomic E-state index is -4.44. The van der Waals surface area contributed by atoms with Crippen LogP contribution in [0.5, 0.6) is 0 Å². The number of alkyl halides is 3. The number of hydrogen-bond acceptors (Lipinski definition) is 4. The van der Waals surface area contributed by atoms with E-state index in [4.69, 9.17) is 5.73 Å². The van der Waals surface area contributed by atoms with Gasteiger partial charge in [0.25, 0.3) is 0 Å². The van der Waals surface area contributed by atoms with Gasteiger partial charge in [0.1, 0.15) is 11.5 Å². The second-order valence-corrected chi connectivity index (χ2v) is 5.54. The van der Waals surface area contributed by atoms with Gasteiger partial charge in [-0.15, -0.1) is 0 Å². The van der Waals surface area contributed by atoms with E-state index in [2.05, 4.69) is 9.88 Å². The summed E-state index contributed by atoms with van der Waals surface area (Å²) in [6, 6.07) is 2.75. The van der Waals surface area contributed by atoms with Crippen molar-refractivity contribution in [3.63, 3.8) is 0 Å². The molecule has 1 unspecified atom stereocenters. The van der Waals surface area contributed by atoms with Crippen LogP contribution in [0, 0.1) is 0 Å². The van der Waals surface area contributed by atoms with Gasteiger partial charge in [0.05, 0.1) is 0 Å². The van der Waals surface area contributed by atoms with Crippen molar-refractivity contribution in [2.75, 3.05) is 32.1 Å². The summed E-state index contributed by atoms with van der Waals surface area (Å²) in [5.74, 6) is 0.327. The van der Waals surface area contributed by atoms with Crippen LogP contribution in [0.1, 0.15) is 24.1 Å². The summed E-state index contributed by atoms with van der Waals surface area (Å²) in [6.07, 6.45) is -2.26. The average Bonchev–Trinajstić information content (AvgIpc) is 2.82. The fraction of sp³-hybridized carbons (Fsp3) is 0.643. The Kier molecular flexibility index (Phi) is 4.73. The molecule has 2 heterocycles. The maximum absolute atomic E-state index is 12.8. The van der Waals surface area contributed by atoms with Crippen molar-refractivity contribution in [3.05, 3.63) is 23.4 Å². The molecule has 7 heteroatoms. The molecule has 1 atom stereocenters. The van der Waals surface area contributed by atoms with Crippen LogP contribution < -0.4 is 10.6 Å². The van der Waals surface area contributed by atoms with Crippen LogP contribution >= 0.6 is 0 Å². The summed E-state index contributed by atoms with van der Waals surface area (Å²) in [7, 11) is 3.81. The third kappa shape index (κ3) is 3.65. The molecule has 118 valence electrons. The Balaban J connectivity index is 2.23. The standard InChI is InChI=1S/C14H21F3N4/c1-20-7-3-4-11(20)9-21(2)13-10(8-18)5-6-12(19-13)14(15,16)17/h5-6,11H,3-4,7-9,18H2,1-2H3. The van der Waals surface area contributed by atoms with E-state index >= 15 is 0 Å². The number of anilines is 1. The summed E-state index contributed by atoms with van der Waals surface area (Å²) in [4.78, 5) is 7.79. The number of likely N-dealkylation sites (tertiary alicyclic amines) is 1. The van der Waals surface area contributed by atoms with Gasteiger partial charge in [-0.2, -0.15) is 13.2 Å². The molecule has 0 amide bonds. The van der Waals surface area contributed by atoms with E-state index in [1.54, 1.807) is 11.9 Å². The Hall–Kier alpha value is -1.34. The summed E-state index contributed by atoms with van der Waals surface area (Å²) < 4.78 is 38.4. The van der Waals surface area contributed by atoms with E-state index in [9.17, 15) is 13.2 Å². The number of nitrogens with two attached hydrogens (primary N) is 1. The minimum absolute atomic E-state index is 0.172. The van der Waals surface area contributed by atoms with Gasteiger partial charge in [-0.05, 0) is 32.5 Å². The van der Waals surface area contributed by atoms with Crippen LogP contribution in [0.4, 0.5) is 19.0 Å². The third-order valence-electron chi connectivity index (χ3n) is 3.98. The lowest BCUT2D eigenvalue weighted by Gasteiger charge is -2.28. The molecular formula is C14H21F3N4. The Morgan fingerprint density at radius 3 is 2.67 bits per heavy atom. The second kappa shape index (κ2) is 6.19. The zero-order valence-corrected chi connectivity index (χ0v) is 12.3. The quantitative estimate of drug-likeness (QED) is 0.925. The highest BCUT2D eigenvalue weighted by Crippen LogP contribution is 2.30. The number of pyridine rings is 1. The molecule has 1 fully saturated rings. The Morgan fingerprint density at radius 1 is 1.43 bits per heavy atom. The predicted octanol–water partition coefficient (Wildman–Crippen LogP) is 2.09. The van der Waals surface area contributed by atoms with Crippen LogP contribution in [-0.4, -0.2) is 43.1 Å². The molecule has 21 heavy (non-hydrogen) atoms. The van der Waals surface area contributed by atoms with Crippen LogP contribution in [0.2, 0.25) is 0 Å². The Morgan fingerprint density at radius 2 is 2.14 bits per heavy atom. The number of halogens is 3. The normalized spacial score (nSPS) is 20.0. The monoisotopic (exact) mass is 302 g/mol. The van der Waals surface area contributed by atoms with E-state index in [-0.39, 0.29) is 6.54 Å². The molecule has 0 bridgehead atoms. The molecule has 1 saturated heterocycles. The van der Waals surface area contributed by atoms with E-state index in [0.29, 0.717) is 24.0 Å². The highest BCUT2D eigenvalue weighted by molar-refractivity contribution is 5.47. The predicted molar refractivity (Wildman–Crippen MR) is 76.1 cm³/mol. The fourth-order valence-corrected chi connectivity index (χ4v) is 2.74. The fourth-order valence-electron chi connectivity index (χ4n) is 2.74. The van der Waals surface area contributed by atoms with Crippen molar-refractivity contribution in [1.82, 2.24) is 9.88 Å². The van der Waals surface area contributed by atoms with Crippen LogP contribution in [-0.2, 0) is 12.7 Å². The van der Waals surface area contributed by atoms with Crippen molar-refractivity contribution in [3.8, 4) is 0 Å². The smallest absolute Gasteiger partial charge is 0.358 e. The molecule has 2 N–H and O–H groups in total. The number of rotatable bonds is 4. The molecule has 2 rings (SSSR count). The third-order valence-corrected chi connectivity index (χ3v) is 3.98. The zero-order chi connectivity index (χ0) is 15.6. The molecule has 0 aliphatic carbocycles. The summed E-state index contributed by atoms with van der Waals surface area (Å²) in [5.41, 5.74) is 5.38. The van der Waals surface area contributed by atoms with E-state index in [1.807, 2.05) is 7.05 Å². The van der Waals surface area contributed by atoms with E-state index < -0.39 is 11.9 Å². The first kappa shape index (κ1) is 16.0. The van der Waals surface area contributed by atoms with Gasteiger partial charge in [0, 0.05) is 31.7 Å². The maximum atomic E-state index is 12.8. The molecular weight excluding hydrogens is 281 g/mol. The molecule has 1 aliphatic heterocycles. The highest BCUT2D eigenvalue weighted by Gasteiger charge is 2.33. The van der Waals surface area contributed by atoms with Crippen molar-refractivity contribution in [2.24, 2.45) is 5.73 Å². The van der Waals surface area contributed by atoms with Gasteiger partial charge in [0.15, 0.2) is 0 Å². The topological polar surface area (TPSA) is 45.4 Å². The Bertz CT molecular complexity index is 490. The van der Waals surface area contributed by atoms with Crippen molar-refractivity contribution in [1.29, 1.82) is 0 Å². The SMILES string of the molecule is CN(CC1CCCN1C)c1nc(C(F)(F)F)ccc1CN. The number of likely N-dealkylation sites (N-methyl/N-ethyl adjacent to an activating group) is 2. The van der Waals surface area contributed by atoms with Crippen LogP contribution in [0.25, 0.3) is 0 Å². The first-order valence-corrected chi connectivity index (χ1v) is 7.01. The van der Waals surface area contributed by atoms with Crippen molar-refractivity contribution in [2.45, 2.75) is 31.6 Å². The summed E-state index contributed by atoms with van der Waals surface area (Å²) in [5, 5.41) is 0. The zero-order valence-electron chi connectivity index (χ0n) is 12.3. The highest BCUT2D eigenvalue weighted by atomic mass is 19.4.